The maximum Gasteiger partial charge on any atom is 0.358 e. The number of aromatic nitrogens is 6. The van der Waals surface area contributed by atoms with E-state index in [1.165, 1.54) is 10.9 Å². The minimum Gasteiger partial charge on any atom is -0.476 e. The van der Waals surface area contributed by atoms with Crippen LogP contribution in [0.2, 0.25) is 0 Å². The molecule has 9 heteroatoms. The second kappa shape index (κ2) is 4.61. The first-order valence-electron chi connectivity index (χ1n) is 5.71. The van der Waals surface area contributed by atoms with Gasteiger partial charge in [0.1, 0.15) is 12.2 Å². The molecule has 9 nitrogen and oxygen atoms in total. The Bertz CT molecular complexity index is 742. The predicted octanol–water partition coefficient (Wildman–Crippen LogP) is 0.413. The van der Waals surface area contributed by atoms with Crippen LogP contribution in [0.4, 0.5) is 0 Å². The lowest BCUT2D eigenvalue weighted by Crippen LogP contribution is -2.08. The molecule has 0 spiro atoms. The van der Waals surface area contributed by atoms with Crippen molar-refractivity contribution < 1.29 is 14.4 Å². The van der Waals surface area contributed by atoms with Crippen molar-refractivity contribution in [2.75, 3.05) is 0 Å². The fourth-order valence-electron chi connectivity index (χ4n) is 1.85. The quantitative estimate of drug-likeness (QED) is 0.733. The molecule has 3 heterocycles. The smallest absolute Gasteiger partial charge is 0.358 e. The third-order valence-corrected chi connectivity index (χ3v) is 2.77. The summed E-state index contributed by atoms with van der Waals surface area (Å²) in [5.41, 5.74) is 0.167. The summed E-state index contributed by atoms with van der Waals surface area (Å²) in [6.07, 6.45) is 4.80. The molecule has 0 saturated carbocycles. The van der Waals surface area contributed by atoms with Crippen molar-refractivity contribution >= 4 is 5.97 Å². The van der Waals surface area contributed by atoms with E-state index in [4.69, 9.17) is 4.52 Å². The summed E-state index contributed by atoms with van der Waals surface area (Å²) < 4.78 is 8.12. The second-order valence-electron chi connectivity index (χ2n) is 4.09. The normalized spacial score (nSPS) is 10.8. The van der Waals surface area contributed by atoms with Gasteiger partial charge in [-0.05, 0) is 0 Å². The first-order chi connectivity index (χ1) is 9.66. The van der Waals surface area contributed by atoms with Gasteiger partial charge >= 0.3 is 5.97 Å². The average molecular weight is 274 g/mol. The van der Waals surface area contributed by atoms with Crippen molar-refractivity contribution in [1.82, 2.24) is 29.7 Å². The van der Waals surface area contributed by atoms with Gasteiger partial charge in [0.25, 0.3) is 0 Å². The highest BCUT2D eigenvalue weighted by molar-refractivity contribution is 5.91. The van der Waals surface area contributed by atoms with E-state index in [-0.39, 0.29) is 12.2 Å². The molecule has 0 aliphatic heterocycles. The number of carbonyl (C=O) groups is 1. The van der Waals surface area contributed by atoms with Crippen LogP contribution in [-0.2, 0) is 13.6 Å². The van der Waals surface area contributed by atoms with Gasteiger partial charge in [0.05, 0.1) is 6.20 Å². The number of hydrogen-bond donors (Lipinski definition) is 1. The van der Waals surface area contributed by atoms with Gasteiger partial charge in [0.15, 0.2) is 11.6 Å². The Morgan fingerprint density at radius 2 is 2.30 bits per heavy atom. The van der Waals surface area contributed by atoms with Crippen LogP contribution in [0, 0.1) is 0 Å². The summed E-state index contributed by atoms with van der Waals surface area (Å²) in [6, 6.07) is 1.67. The molecule has 0 aromatic carbocycles. The van der Waals surface area contributed by atoms with Crippen LogP contribution in [0.1, 0.15) is 16.2 Å². The van der Waals surface area contributed by atoms with Crippen LogP contribution < -0.4 is 0 Å². The van der Waals surface area contributed by atoms with Crippen molar-refractivity contribution in [3.05, 3.63) is 36.1 Å². The Morgan fingerprint density at radius 3 is 2.90 bits per heavy atom. The Hall–Kier alpha value is -2.97. The third-order valence-electron chi connectivity index (χ3n) is 2.77. The summed E-state index contributed by atoms with van der Waals surface area (Å²) in [7, 11) is 1.76. The van der Waals surface area contributed by atoms with E-state index in [0.29, 0.717) is 17.3 Å². The van der Waals surface area contributed by atoms with Crippen molar-refractivity contribution in [3.8, 4) is 11.5 Å². The van der Waals surface area contributed by atoms with Gasteiger partial charge in [0, 0.05) is 25.5 Å². The number of carboxylic acid groups (broad SMARTS) is 1. The summed E-state index contributed by atoms with van der Waals surface area (Å²) in [6.45, 7) is 0.225. The molecule has 20 heavy (non-hydrogen) atoms. The lowest BCUT2D eigenvalue weighted by atomic mass is 10.3. The summed E-state index contributed by atoms with van der Waals surface area (Å²) in [5, 5.41) is 20.3. The lowest BCUT2D eigenvalue weighted by Gasteiger charge is -2.05. The summed E-state index contributed by atoms with van der Waals surface area (Å²) >= 11 is 0. The Morgan fingerprint density at radius 1 is 1.45 bits per heavy atom. The molecule has 0 bridgehead atoms. The van der Waals surface area contributed by atoms with Crippen molar-refractivity contribution in [2.24, 2.45) is 7.05 Å². The Labute approximate surface area is 112 Å². The standard InChI is InChI=1S/C11H10N6O3/c1-16-5-4-12-10(16)9-8(11(18)19)14-15-17(9)6-7-2-3-13-20-7/h2-5H,6H2,1H3,(H,18,19). The van der Waals surface area contributed by atoms with Crippen LogP contribution in [-0.4, -0.2) is 40.8 Å². The number of aryl methyl sites for hydroxylation is 1. The molecule has 1 N–H and O–H groups in total. The van der Waals surface area contributed by atoms with E-state index in [0.717, 1.165) is 0 Å². The van der Waals surface area contributed by atoms with E-state index in [1.54, 1.807) is 30.1 Å². The molecule has 0 atom stereocenters. The van der Waals surface area contributed by atoms with Gasteiger partial charge in [-0.3, -0.25) is 0 Å². The molecule has 0 radical (unpaired) electrons. The number of nitrogens with zero attached hydrogens (tertiary/aromatic N) is 6. The fraction of sp³-hybridized carbons (Fsp3) is 0.182. The molecule has 3 aromatic rings. The van der Waals surface area contributed by atoms with Crippen molar-refractivity contribution in [2.45, 2.75) is 6.54 Å². The molecule has 0 saturated heterocycles. The van der Waals surface area contributed by atoms with E-state index < -0.39 is 5.97 Å². The molecular formula is C11H10N6O3. The number of rotatable bonds is 4. The average Bonchev–Trinajstić information content (AvgIpc) is 3.10. The highest BCUT2D eigenvalue weighted by atomic mass is 16.5. The van der Waals surface area contributed by atoms with Crippen molar-refractivity contribution in [3.63, 3.8) is 0 Å². The number of hydrogen-bond acceptors (Lipinski definition) is 6. The van der Waals surface area contributed by atoms with E-state index in [9.17, 15) is 9.90 Å². The fourth-order valence-corrected chi connectivity index (χ4v) is 1.85. The van der Waals surface area contributed by atoms with Gasteiger partial charge in [-0.2, -0.15) is 0 Å². The van der Waals surface area contributed by atoms with Gasteiger partial charge in [0.2, 0.25) is 5.69 Å². The van der Waals surface area contributed by atoms with Gasteiger partial charge in [-0.25, -0.2) is 14.5 Å². The van der Waals surface area contributed by atoms with Crippen LogP contribution in [0.5, 0.6) is 0 Å². The maximum atomic E-state index is 11.3. The third kappa shape index (κ3) is 1.94. The monoisotopic (exact) mass is 274 g/mol. The Kier molecular flexibility index (Phi) is 2.78. The Balaban J connectivity index is 2.11. The van der Waals surface area contributed by atoms with E-state index in [1.807, 2.05) is 0 Å². The predicted molar refractivity (Wildman–Crippen MR) is 64.8 cm³/mol. The molecule has 3 aromatic heterocycles. The molecule has 102 valence electrons. The first-order valence-corrected chi connectivity index (χ1v) is 5.71. The van der Waals surface area contributed by atoms with Gasteiger partial charge in [-0.15, -0.1) is 5.10 Å². The minimum atomic E-state index is -1.16. The SMILES string of the molecule is Cn1ccnc1-c1c(C(=O)O)nnn1Cc1ccno1. The molecule has 0 unspecified atom stereocenters. The van der Waals surface area contributed by atoms with Crippen molar-refractivity contribution in [1.29, 1.82) is 0 Å². The van der Waals surface area contributed by atoms with Crippen LogP contribution >= 0.6 is 0 Å². The minimum absolute atomic E-state index is 0.154. The maximum absolute atomic E-state index is 11.3. The molecule has 0 fully saturated rings. The van der Waals surface area contributed by atoms with E-state index >= 15 is 0 Å². The number of carboxylic acids is 1. The summed E-state index contributed by atoms with van der Waals surface area (Å²) in [4.78, 5) is 15.4. The van der Waals surface area contributed by atoms with Crippen LogP contribution in [0.3, 0.4) is 0 Å². The molecule has 0 aliphatic rings. The topological polar surface area (TPSA) is 112 Å². The highest BCUT2D eigenvalue weighted by Gasteiger charge is 2.24. The lowest BCUT2D eigenvalue weighted by molar-refractivity contribution is 0.0691. The molecule has 0 aliphatic carbocycles. The molecular weight excluding hydrogens is 264 g/mol. The van der Waals surface area contributed by atoms with E-state index in [2.05, 4.69) is 20.5 Å². The molecule has 0 amide bonds. The van der Waals surface area contributed by atoms with Gasteiger partial charge in [-0.1, -0.05) is 10.4 Å². The second-order valence-corrected chi connectivity index (χ2v) is 4.09. The zero-order valence-corrected chi connectivity index (χ0v) is 10.5. The highest BCUT2D eigenvalue weighted by Crippen LogP contribution is 2.21. The zero-order chi connectivity index (χ0) is 14.1. The number of aromatic carboxylic acids is 1. The van der Waals surface area contributed by atoms with Crippen LogP contribution in [0.25, 0.3) is 11.5 Å². The number of imidazole rings is 1. The van der Waals surface area contributed by atoms with Gasteiger partial charge < -0.3 is 14.2 Å². The largest absolute Gasteiger partial charge is 0.476 e. The first kappa shape index (κ1) is 12.1. The van der Waals surface area contributed by atoms with Crippen LogP contribution in [0.15, 0.2) is 29.2 Å². The zero-order valence-electron chi connectivity index (χ0n) is 10.5. The molecule has 3 rings (SSSR count). The summed E-state index contributed by atoms with van der Waals surface area (Å²) in [5.74, 6) is -0.152.